The third-order valence-corrected chi connectivity index (χ3v) is 4.79. The molecule has 27 heavy (non-hydrogen) atoms. The van der Waals surface area contributed by atoms with Gasteiger partial charge in [-0.2, -0.15) is 10.1 Å². The summed E-state index contributed by atoms with van der Waals surface area (Å²) in [5, 5.41) is 27.4. The summed E-state index contributed by atoms with van der Waals surface area (Å²) in [6.07, 6.45) is 6.73. The smallest absolute Gasteiger partial charge is 0.224 e. The first-order chi connectivity index (χ1) is 13.2. The lowest BCUT2D eigenvalue weighted by Gasteiger charge is -2.26. The van der Waals surface area contributed by atoms with E-state index in [9.17, 15) is 5.11 Å². The molecule has 0 radical (unpaired) electrons. The second-order valence-electron chi connectivity index (χ2n) is 6.74. The van der Waals surface area contributed by atoms with Crippen molar-refractivity contribution >= 4 is 16.9 Å². The van der Waals surface area contributed by atoms with Gasteiger partial charge in [-0.25, -0.2) is 9.67 Å². The molecule has 4 rings (SSSR count). The van der Waals surface area contributed by atoms with E-state index in [-0.39, 0.29) is 25.4 Å². The van der Waals surface area contributed by atoms with Crippen molar-refractivity contribution in [2.45, 2.75) is 37.8 Å². The number of benzene rings is 1. The SMILES string of the molecule is OCCOc1ccc2cnn(-c3ccnc(N[C@H]4CC[C@H](O)CC4)n3)c2c1. The predicted molar refractivity (Wildman–Crippen MR) is 101 cm³/mol. The quantitative estimate of drug-likeness (QED) is 0.609. The van der Waals surface area contributed by atoms with Gasteiger partial charge in [-0.15, -0.1) is 0 Å². The number of rotatable bonds is 6. The minimum absolute atomic E-state index is 0.0313. The molecule has 2 aromatic heterocycles. The van der Waals surface area contributed by atoms with Gasteiger partial charge in [-0.3, -0.25) is 0 Å². The van der Waals surface area contributed by atoms with Crippen molar-refractivity contribution in [1.29, 1.82) is 0 Å². The largest absolute Gasteiger partial charge is 0.491 e. The molecule has 0 aliphatic heterocycles. The number of fused-ring (bicyclic) bond motifs is 1. The lowest BCUT2D eigenvalue weighted by atomic mass is 9.93. The first kappa shape index (κ1) is 17.7. The van der Waals surface area contributed by atoms with Crippen LogP contribution in [-0.4, -0.2) is 55.3 Å². The van der Waals surface area contributed by atoms with Crippen molar-refractivity contribution in [2.75, 3.05) is 18.5 Å². The summed E-state index contributed by atoms with van der Waals surface area (Å²) in [6.45, 7) is 0.216. The first-order valence-electron chi connectivity index (χ1n) is 9.22. The van der Waals surface area contributed by atoms with Gasteiger partial charge in [-0.05, 0) is 37.8 Å². The fraction of sp³-hybridized carbons (Fsp3) is 0.421. The number of ether oxygens (including phenoxy) is 1. The Balaban J connectivity index is 1.57. The van der Waals surface area contributed by atoms with Crippen LogP contribution in [0.4, 0.5) is 5.95 Å². The number of hydrogen-bond acceptors (Lipinski definition) is 7. The van der Waals surface area contributed by atoms with E-state index in [0.29, 0.717) is 17.5 Å². The van der Waals surface area contributed by atoms with Gasteiger partial charge >= 0.3 is 0 Å². The van der Waals surface area contributed by atoms with E-state index in [4.69, 9.17) is 9.84 Å². The van der Waals surface area contributed by atoms with E-state index in [1.807, 2.05) is 24.3 Å². The number of aromatic nitrogens is 4. The highest BCUT2D eigenvalue weighted by molar-refractivity contribution is 5.81. The fourth-order valence-corrected chi connectivity index (χ4v) is 3.37. The highest BCUT2D eigenvalue weighted by atomic mass is 16.5. The molecule has 3 aromatic rings. The van der Waals surface area contributed by atoms with Gasteiger partial charge in [0.2, 0.25) is 5.95 Å². The molecule has 1 aromatic carbocycles. The van der Waals surface area contributed by atoms with E-state index >= 15 is 0 Å². The molecule has 0 saturated heterocycles. The lowest BCUT2D eigenvalue weighted by Crippen LogP contribution is -2.29. The van der Waals surface area contributed by atoms with Crippen LogP contribution < -0.4 is 10.1 Å². The van der Waals surface area contributed by atoms with E-state index in [2.05, 4.69) is 20.4 Å². The van der Waals surface area contributed by atoms with E-state index in [0.717, 1.165) is 36.6 Å². The van der Waals surface area contributed by atoms with Gasteiger partial charge in [0.25, 0.3) is 0 Å². The Bertz CT molecular complexity index is 905. The van der Waals surface area contributed by atoms with Crippen LogP contribution in [0.25, 0.3) is 16.7 Å². The number of aliphatic hydroxyl groups excluding tert-OH is 2. The molecular weight excluding hydrogens is 346 g/mol. The van der Waals surface area contributed by atoms with Crippen LogP contribution >= 0.6 is 0 Å². The maximum absolute atomic E-state index is 9.64. The van der Waals surface area contributed by atoms with Crippen molar-refractivity contribution in [3.8, 4) is 11.6 Å². The average molecular weight is 369 g/mol. The zero-order valence-corrected chi connectivity index (χ0v) is 15.0. The third-order valence-electron chi connectivity index (χ3n) is 4.79. The number of hydrogen-bond donors (Lipinski definition) is 3. The molecule has 3 N–H and O–H groups in total. The average Bonchev–Trinajstić information content (AvgIpc) is 3.12. The molecule has 0 unspecified atom stereocenters. The number of nitrogens with zero attached hydrogens (tertiary/aromatic N) is 4. The molecule has 0 spiro atoms. The summed E-state index contributed by atoms with van der Waals surface area (Å²) in [4.78, 5) is 8.93. The van der Waals surface area contributed by atoms with Crippen LogP contribution in [0.2, 0.25) is 0 Å². The van der Waals surface area contributed by atoms with E-state index in [1.165, 1.54) is 0 Å². The molecular formula is C19H23N5O3. The highest BCUT2D eigenvalue weighted by Gasteiger charge is 2.20. The van der Waals surface area contributed by atoms with Crippen LogP contribution in [0, 0.1) is 0 Å². The summed E-state index contributed by atoms with van der Waals surface area (Å²) in [7, 11) is 0. The third kappa shape index (κ3) is 4.01. The zero-order chi connectivity index (χ0) is 18.6. The fourth-order valence-electron chi connectivity index (χ4n) is 3.37. The second-order valence-corrected chi connectivity index (χ2v) is 6.74. The van der Waals surface area contributed by atoms with Gasteiger partial charge in [0.15, 0.2) is 5.82 Å². The lowest BCUT2D eigenvalue weighted by molar-refractivity contribution is 0.126. The van der Waals surface area contributed by atoms with Crippen molar-refractivity contribution in [2.24, 2.45) is 0 Å². The van der Waals surface area contributed by atoms with Gasteiger partial charge in [0, 0.05) is 29.8 Å². The maximum atomic E-state index is 9.64. The van der Waals surface area contributed by atoms with Gasteiger partial charge in [-0.1, -0.05) is 0 Å². The molecule has 2 heterocycles. The molecule has 0 bridgehead atoms. The monoisotopic (exact) mass is 369 g/mol. The minimum Gasteiger partial charge on any atom is -0.491 e. The van der Waals surface area contributed by atoms with Gasteiger partial charge in [0.1, 0.15) is 12.4 Å². The van der Waals surface area contributed by atoms with Gasteiger partial charge in [0.05, 0.1) is 24.4 Å². The summed E-state index contributed by atoms with van der Waals surface area (Å²) >= 11 is 0. The number of aliphatic hydroxyl groups is 2. The number of nitrogens with one attached hydrogen (secondary N) is 1. The number of anilines is 1. The topological polar surface area (TPSA) is 105 Å². The summed E-state index contributed by atoms with van der Waals surface area (Å²) in [5.74, 6) is 1.90. The Morgan fingerprint density at radius 3 is 2.85 bits per heavy atom. The predicted octanol–water partition coefficient (Wildman–Crippen LogP) is 1.90. The molecule has 1 fully saturated rings. The molecule has 0 atom stereocenters. The van der Waals surface area contributed by atoms with E-state index < -0.39 is 0 Å². The highest BCUT2D eigenvalue weighted by Crippen LogP contribution is 2.24. The van der Waals surface area contributed by atoms with Crippen molar-refractivity contribution in [3.63, 3.8) is 0 Å². The molecule has 0 amide bonds. The normalized spacial score (nSPS) is 19.9. The van der Waals surface area contributed by atoms with Crippen LogP contribution in [0.1, 0.15) is 25.7 Å². The van der Waals surface area contributed by atoms with Crippen molar-refractivity contribution in [3.05, 3.63) is 36.7 Å². The minimum atomic E-state index is -0.187. The van der Waals surface area contributed by atoms with Crippen LogP contribution in [0.5, 0.6) is 5.75 Å². The molecule has 1 aliphatic carbocycles. The Morgan fingerprint density at radius 2 is 2.04 bits per heavy atom. The molecule has 8 heteroatoms. The Hall–Kier alpha value is -2.71. The standard InChI is InChI=1S/C19H23N5O3/c25-9-10-27-16-6-1-13-12-21-24(17(13)11-16)18-7-8-20-19(23-18)22-14-2-4-15(26)5-3-14/h1,6-8,11-12,14-15,25-26H,2-5,9-10H2,(H,20,22,23)/t14-,15-. The van der Waals surface area contributed by atoms with Crippen molar-refractivity contribution < 1.29 is 14.9 Å². The van der Waals surface area contributed by atoms with Crippen molar-refractivity contribution in [1.82, 2.24) is 19.7 Å². The van der Waals surface area contributed by atoms with E-state index in [1.54, 1.807) is 17.1 Å². The second kappa shape index (κ2) is 7.89. The molecule has 1 saturated carbocycles. The zero-order valence-electron chi connectivity index (χ0n) is 15.0. The van der Waals surface area contributed by atoms with Gasteiger partial charge < -0.3 is 20.3 Å². The molecule has 142 valence electrons. The molecule has 8 nitrogen and oxygen atoms in total. The van der Waals surface area contributed by atoms with Crippen LogP contribution in [0.15, 0.2) is 36.7 Å². The molecule has 1 aliphatic rings. The summed E-state index contributed by atoms with van der Waals surface area (Å²) in [5.41, 5.74) is 0.871. The van der Waals surface area contributed by atoms with Crippen LogP contribution in [0.3, 0.4) is 0 Å². The van der Waals surface area contributed by atoms with Crippen LogP contribution in [-0.2, 0) is 0 Å². The Labute approximate surface area is 156 Å². The summed E-state index contributed by atoms with van der Waals surface area (Å²) in [6, 6.07) is 7.75. The summed E-state index contributed by atoms with van der Waals surface area (Å²) < 4.78 is 7.25. The Kier molecular flexibility index (Phi) is 5.17. The Morgan fingerprint density at radius 1 is 1.19 bits per heavy atom. The maximum Gasteiger partial charge on any atom is 0.224 e. The first-order valence-corrected chi connectivity index (χ1v) is 9.22.